The minimum absolute atomic E-state index is 0.102. The fourth-order valence-corrected chi connectivity index (χ4v) is 5.67. The number of Topliss-reactive ketones (excluding diaryl/α,β-unsaturated/α-hetero) is 1. The van der Waals surface area contributed by atoms with Crippen LogP contribution >= 0.6 is 11.8 Å². The molecule has 3 amide bonds. The van der Waals surface area contributed by atoms with E-state index >= 15 is 0 Å². The molecular weight excluding hydrogens is 635 g/mol. The number of amides is 3. The molecule has 11 nitrogen and oxygen atoms in total. The second-order valence-electron chi connectivity index (χ2n) is 11.0. The van der Waals surface area contributed by atoms with Crippen LogP contribution in [0.2, 0.25) is 0 Å². The predicted molar refractivity (Wildman–Crippen MR) is 175 cm³/mol. The summed E-state index contributed by atoms with van der Waals surface area (Å²) in [5.74, 6) is -0.465. The Morgan fingerprint density at radius 1 is 1.06 bits per heavy atom. The van der Waals surface area contributed by atoms with Crippen molar-refractivity contribution in [2.24, 2.45) is 4.99 Å². The lowest BCUT2D eigenvalue weighted by atomic mass is 9.99. The molecule has 1 fully saturated rings. The Kier molecular flexibility index (Phi) is 9.38. The third-order valence-corrected chi connectivity index (χ3v) is 8.00. The Morgan fingerprint density at radius 3 is 2.43 bits per heavy atom. The molecule has 0 radical (unpaired) electrons. The van der Waals surface area contributed by atoms with Crippen molar-refractivity contribution in [2.45, 2.75) is 33.1 Å². The summed E-state index contributed by atoms with van der Waals surface area (Å²) in [6.07, 6.45) is -3.43. The summed E-state index contributed by atoms with van der Waals surface area (Å²) in [5, 5.41) is 7.25. The number of thioether (sulfide) groups is 1. The topological polar surface area (TPSA) is 122 Å². The first-order chi connectivity index (χ1) is 22.2. The lowest BCUT2D eigenvalue weighted by molar-refractivity contribution is -0.274. The van der Waals surface area contributed by atoms with Crippen LogP contribution in [0.25, 0.3) is 17.1 Å². The van der Waals surface area contributed by atoms with Gasteiger partial charge in [-0.05, 0) is 73.0 Å². The minimum atomic E-state index is -4.81. The number of ether oxygens (including phenoxy) is 1. The molecule has 5 rings (SSSR count). The Balaban J connectivity index is 1.38. The first kappa shape index (κ1) is 33.2. The number of nitrogens with one attached hydrogen (secondary N) is 1. The fraction of sp³-hybridized carbons (Fsp3) is 0.250. The Morgan fingerprint density at radius 2 is 1.79 bits per heavy atom. The summed E-state index contributed by atoms with van der Waals surface area (Å²) in [4.78, 5) is 50.7. The first-order valence-corrected chi connectivity index (χ1v) is 15.3. The Labute approximate surface area is 272 Å². The van der Waals surface area contributed by atoms with Gasteiger partial charge in [-0.25, -0.2) is 14.5 Å². The van der Waals surface area contributed by atoms with Crippen molar-refractivity contribution >= 4 is 51.7 Å². The van der Waals surface area contributed by atoms with E-state index in [1.54, 1.807) is 6.07 Å². The van der Waals surface area contributed by atoms with E-state index in [1.807, 2.05) is 51.0 Å². The van der Waals surface area contributed by atoms with Gasteiger partial charge in [0.2, 0.25) is 5.91 Å². The number of aromatic nitrogens is 3. The monoisotopic (exact) mass is 665 g/mol. The number of rotatable bonds is 8. The molecule has 0 aliphatic carbocycles. The van der Waals surface area contributed by atoms with Crippen molar-refractivity contribution in [3.8, 4) is 22.8 Å². The van der Waals surface area contributed by atoms with Gasteiger partial charge >= 0.3 is 12.4 Å². The van der Waals surface area contributed by atoms with Gasteiger partial charge in [0.1, 0.15) is 12.1 Å². The maximum absolute atomic E-state index is 13.2. The number of benzene rings is 3. The van der Waals surface area contributed by atoms with Crippen LogP contribution in [0.1, 0.15) is 42.6 Å². The Hall–Kier alpha value is -5.18. The van der Waals surface area contributed by atoms with Crippen molar-refractivity contribution in [2.75, 3.05) is 35.0 Å². The molecule has 3 aromatic carbocycles. The number of hydrogen-bond donors (Lipinski definition) is 1. The number of carbonyl (C=O) groups is 3. The molecule has 0 spiro atoms. The third-order valence-electron chi connectivity index (χ3n) is 7.08. The lowest BCUT2D eigenvalue weighted by Gasteiger charge is -2.24. The number of nitrogens with zero attached hydrogens (tertiary/aromatic N) is 6. The van der Waals surface area contributed by atoms with Gasteiger partial charge in [0.15, 0.2) is 16.8 Å². The van der Waals surface area contributed by atoms with Crippen molar-refractivity contribution in [1.29, 1.82) is 0 Å². The maximum Gasteiger partial charge on any atom is 0.573 e. The predicted octanol–water partition coefficient (Wildman–Crippen LogP) is 6.89. The van der Waals surface area contributed by atoms with Gasteiger partial charge in [-0.1, -0.05) is 31.7 Å². The molecule has 1 N–H and O–H groups in total. The van der Waals surface area contributed by atoms with Gasteiger partial charge in [-0.15, -0.1) is 18.3 Å². The summed E-state index contributed by atoms with van der Waals surface area (Å²) < 4.78 is 42.7. The number of amidine groups is 1. The highest BCUT2D eigenvalue weighted by Gasteiger charge is 2.33. The van der Waals surface area contributed by atoms with E-state index in [0.717, 1.165) is 35.1 Å². The number of ketones is 1. The number of hydrogen-bond acceptors (Lipinski definition) is 8. The molecule has 2 heterocycles. The minimum Gasteiger partial charge on any atom is -0.406 e. The van der Waals surface area contributed by atoms with Crippen LogP contribution < -0.4 is 19.9 Å². The number of anilines is 3. The van der Waals surface area contributed by atoms with Crippen LogP contribution in [-0.2, 0) is 4.79 Å². The molecule has 47 heavy (non-hydrogen) atoms. The SMILES string of the molecule is CC(=O)c1cc(-c2ncn(-c3ccc(OC(F)(F)F)cc3)n2)ccc1NC(=O)N=C1SCC(=O)N1c1cc(N(C)C)ccc1C(C)C. The van der Waals surface area contributed by atoms with E-state index in [2.05, 4.69) is 25.1 Å². The lowest BCUT2D eigenvalue weighted by Crippen LogP contribution is -2.31. The number of aliphatic imine (C=N–C) groups is 1. The highest BCUT2D eigenvalue weighted by atomic mass is 32.2. The number of carbonyl (C=O) groups excluding carboxylic acids is 3. The molecule has 1 aromatic heterocycles. The van der Waals surface area contributed by atoms with Gasteiger partial charge in [0.25, 0.3) is 0 Å². The van der Waals surface area contributed by atoms with Crippen molar-refractivity contribution in [1.82, 2.24) is 14.8 Å². The zero-order valence-electron chi connectivity index (χ0n) is 26.0. The Bertz CT molecular complexity index is 1870. The molecule has 1 aliphatic heterocycles. The van der Waals surface area contributed by atoms with E-state index in [9.17, 15) is 27.6 Å². The highest BCUT2D eigenvalue weighted by Crippen LogP contribution is 2.36. The van der Waals surface area contributed by atoms with Crippen molar-refractivity contribution < 1.29 is 32.3 Å². The molecule has 0 unspecified atom stereocenters. The first-order valence-electron chi connectivity index (χ1n) is 14.3. The summed E-state index contributed by atoms with van der Waals surface area (Å²) in [6, 6.07) is 14.8. The number of halogens is 3. The van der Waals surface area contributed by atoms with Gasteiger partial charge < -0.3 is 15.0 Å². The largest absolute Gasteiger partial charge is 0.573 e. The summed E-state index contributed by atoms with van der Waals surface area (Å²) in [5.41, 5.74) is 3.73. The van der Waals surface area contributed by atoms with E-state index in [1.165, 1.54) is 47.1 Å². The van der Waals surface area contributed by atoms with Crippen molar-refractivity contribution in [3.05, 3.63) is 78.1 Å². The van der Waals surface area contributed by atoms with Crippen molar-refractivity contribution in [3.63, 3.8) is 0 Å². The molecule has 4 aromatic rings. The average molecular weight is 666 g/mol. The number of alkyl halides is 3. The summed E-state index contributed by atoms with van der Waals surface area (Å²) in [6.45, 7) is 5.38. The van der Waals surface area contributed by atoms with Gasteiger partial charge in [-0.2, -0.15) is 4.99 Å². The molecule has 1 saturated heterocycles. The molecule has 1 aliphatic rings. The second-order valence-corrected chi connectivity index (χ2v) is 11.9. The van der Waals surface area contributed by atoms with Crippen LogP contribution in [0.15, 0.2) is 72.0 Å². The average Bonchev–Trinajstić information content (AvgIpc) is 3.63. The third kappa shape index (κ3) is 7.62. The quantitative estimate of drug-likeness (QED) is 0.202. The van der Waals surface area contributed by atoms with E-state index in [-0.39, 0.29) is 51.4 Å². The van der Waals surface area contributed by atoms with Crippen LogP contribution in [0.3, 0.4) is 0 Å². The molecule has 0 saturated carbocycles. The van der Waals surface area contributed by atoms with Gasteiger partial charge in [-0.3, -0.25) is 14.5 Å². The molecular formula is C32H30F3N7O4S. The zero-order valence-corrected chi connectivity index (χ0v) is 26.8. The van der Waals surface area contributed by atoms with Crippen LogP contribution in [0.5, 0.6) is 5.75 Å². The number of urea groups is 1. The maximum atomic E-state index is 13.2. The van der Waals surface area contributed by atoms with Crippen LogP contribution in [0, 0.1) is 0 Å². The van der Waals surface area contributed by atoms with Crippen LogP contribution in [0.4, 0.5) is 35.0 Å². The van der Waals surface area contributed by atoms with Crippen LogP contribution in [-0.4, -0.2) is 63.9 Å². The normalized spacial score (nSPS) is 14.2. The molecule has 244 valence electrons. The molecule has 0 bridgehead atoms. The van der Waals surface area contributed by atoms with E-state index in [0.29, 0.717) is 16.9 Å². The summed E-state index contributed by atoms with van der Waals surface area (Å²) in [7, 11) is 3.80. The van der Waals surface area contributed by atoms with E-state index < -0.39 is 12.4 Å². The molecule has 15 heteroatoms. The fourth-order valence-electron chi connectivity index (χ4n) is 4.81. The zero-order chi connectivity index (χ0) is 34.0. The summed E-state index contributed by atoms with van der Waals surface area (Å²) >= 11 is 1.15. The smallest absolute Gasteiger partial charge is 0.406 e. The molecule has 0 atom stereocenters. The standard InChI is InChI=1S/C32H30F3N7O4S/c1-18(2)24-12-9-22(40(4)5)15-27(24)42-28(44)16-47-31(42)38-30(45)37-26-13-6-20(14-25(26)19(3)43)29-36-17-41(39-29)21-7-10-23(11-8-21)46-32(33,34)35/h6-15,17-18H,16H2,1-5H3,(H,37,45). The van der Waals surface area contributed by atoms with E-state index in [4.69, 9.17) is 0 Å². The van der Waals surface area contributed by atoms with Gasteiger partial charge in [0.05, 0.1) is 22.8 Å². The highest BCUT2D eigenvalue weighted by molar-refractivity contribution is 8.15. The van der Waals surface area contributed by atoms with Gasteiger partial charge in [0, 0.05) is 30.9 Å². The second kappa shape index (κ2) is 13.3.